The molecule has 4 atom stereocenters. The lowest BCUT2D eigenvalue weighted by Gasteiger charge is -2.46. The number of ether oxygens (including phenoxy) is 2. The summed E-state index contributed by atoms with van der Waals surface area (Å²) < 4.78 is 29.5. The SMILES string of the molecule is CCOC(OCc1ccccc1)C(C)(O)C1(S(N)(=O)=N[Si](C)(C)C(C)(C)C)CC=CS1. The Balaban J connectivity index is 2.49. The fourth-order valence-electron chi connectivity index (χ4n) is 3.22. The van der Waals surface area contributed by atoms with E-state index < -0.39 is 34.1 Å². The fourth-order valence-corrected chi connectivity index (χ4v) is 10.6. The lowest BCUT2D eigenvalue weighted by atomic mass is 9.97. The van der Waals surface area contributed by atoms with Gasteiger partial charge in [0.05, 0.1) is 6.61 Å². The summed E-state index contributed by atoms with van der Waals surface area (Å²) in [6.07, 6.45) is 1.17. The van der Waals surface area contributed by atoms with E-state index in [1.807, 2.05) is 48.7 Å². The van der Waals surface area contributed by atoms with E-state index in [-0.39, 0.29) is 11.6 Å². The molecule has 0 bridgehead atoms. The monoisotopic (exact) mass is 486 g/mol. The van der Waals surface area contributed by atoms with Crippen LogP contribution < -0.4 is 5.14 Å². The van der Waals surface area contributed by atoms with Crippen LogP contribution in [0.3, 0.4) is 0 Å². The van der Waals surface area contributed by atoms with Gasteiger partial charge >= 0.3 is 0 Å². The van der Waals surface area contributed by atoms with Crippen LogP contribution in [0, 0.1) is 0 Å². The Kier molecular flexibility index (Phi) is 8.28. The van der Waals surface area contributed by atoms with Gasteiger partial charge < -0.3 is 14.6 Å². The lowest BCUT2D eigenvalue weighted by molar-refractivity contribution is -0.238. The molecule has 0 aliphatic carbocycles. The van der Waals surface area contributed by atoms with Gasteiger partial charge in [0.1, 0.15) is 15.5 Å². The molecular weight excluding hydrogens is 448 g/mol. The molecule has 0 saturated heterocycles. The highest BCUT2D eigenvalue weighted by molar-refractivity contribution is 8.16. The molecule has 0 aromatic heterocycles. The van der Waals surface area contributed by atoms with E-state index in [1.165, 1.54) is 11.8 Å². The zero-order chi connectivity index (χ0) is 23.6. The average Bonchev–Trinajstić information content (AvgIpc) is 3.16. The van der Waals surface area contributed by atoms with Crippen LogP contribution >= 0.6 is 11.8 Å². The minimum atomic E-state index is -3.34. The molecule has 1 heterocycles. The third-order valence-electron chi connectivity index (χ3n) is 6.21. The minimum absolute atomic E-state index is 0.137. The Labute approximate surface area is 193 Å². The number of allylic oxidation sites excluding steroid dienone is 1. The number of hydrogen-bond acceptors (Lipinski definition) is 6. The highest BCUT2D eigenvalue weighted by atomic mass is 32.3. The molecule has 1 aliphatic rings. The van der Waals surface area contributed by atoms with Gasteiger partial charge in [-0.15, -0.1) is 11.8 Å². The molecule has 1 aromatic rings. The normalized spacial score (nSPS) is 24.4. The minimum Gasteiger partial charge on any atom is -0.382 e. The largest absolute Gasteiger partial charge is 0.382 e. The van der Waals surface area contributed by atoms with E-state index in [4.69, 9.17) is 18.6 Å². The molecule has 176 valence electrons. The summed E-state index contributed by atoms with van der Waals surface area (Å²) in [6, 6.07) is 9.67. The van der Waals surface area contributed by atoms with Gasteiger partial charge in [-0.05, 0) is 49.4 Å². The second kappa shape index (κ2) is 9.67. The predicted octanol–water partition coefficient (Wildman–Crippen LogP) is 5.01. The third kappa shape index (κ3) is 5.46. The van der Waals surface area contributed by atoms with Crippen molar-refractivity contribution in [3.05, 3.63) is 47.4 Å². The highest BCUT2D eigenvalue weighted by Gasteiger charge is 2.60. The summed E-state index contributed by atoms with van der Waals surface area (Å²) in [4.78, 5) is 0. The van der Waals surface area contributed by atoms with Crippen molar-refractivity contribution in [3.63, 3.8) is 0 Å². The molecule has 2 rings (SSSR count). The van der Waals surface area contributed by atoms with Crippen molar-refractivity contribution in [1.29, 1.82) is 0 Å². The van der Waals surface area contributed by atoms with E-state index in [9.17, 15) is 9.32 Å². The van der Waals surface area contributed by atoms with E-state index in [1.54, 1.807) is 6.92 Å². The van der Waals surface area contributed by atoms with Crippen molar-refractivity contribution >= 4 is 29.9 Å². The zero-order valence-electron chi connectivity index (χ0n) is 19.8. The quantitative estimate of drug-likeness (QED) is 0.378. The van der Waals surface area contributed by atoms with Crippen LogP contribution in [-0.2, 0) is 26.0 Å². The lowest BCUT2D eigenvalue weighted by Crippen LogP contribution is -2.63. The van der Waals surface area contributed by atoms with Crippen molar-refractivity contribution in [2.75, 3.05) is 6.61 Å². The van der Waals surface area contributed by atoms with Gasteiger partial charge in [0.2, 0.25) is 0 Å². The van der Waals surface area contributed by atoms with E-state index >= 15 is 0 Å². The number of benzene rings is 1. The summed E-state index contributed by atoms with van der Waals surface area (Å²) in [5.74, 6) is 0. The van der Waals surface area contributed by atoms with E-state index in [0.717, 1.165) is 5.56 Å². The Morgan fingerprint density at radius 1 is 1.26 bits per heavy atom. The molecule has 0 saturated carbocycles. The molecule has 0 radical (unpaired) electrons. The van der Waals surface area contributed by atoms with Gasteiger partial charge in [-0.1, -0.05) is 57.2 Å². The predicted molar refractivity (Wildman–Crippen MR) is 133 cm³/mol. The van der Waals surface area contributed by atoms with Crippen LogP contribution in [0.5, 0.6) is 0 Å². The first-order valence-corrected chi connectivity index (χ1v) is 16.0. The number of thioether (sulfide) groups is 1. The van der Waals surface area contributed by atoms with Crippen molar-refractivity contribution in [1.82, 2.24) is 0 Å². The smallest absolute Gasteiger partial charge is 0.194 e. The summed E-state index contributed by atoms with van der Waals surface area (Å²) in [6.45, 7) is 14.4. The molecule has 4 unspecified atom stereocenters. The van der Waals surface area contributed by atoms with Crippen molar-refractivity contribution in [2.24, 2.45) is 9.17 Å². The zero-order valence-corrected chi connectivity index (χ0v) is 22.4. The maximum absolute atomic E-state index is 14.1. The second-order valence-electron chi connectivity index (χ2n) is 9.65. The summed E-state index contributed by atoms with van der Waals surface area (Å²) in [5, 5.41) is 20.1. The van der Waals surface area contributed by atoms with Crippen LogP contribution in [-0.4, -0.2) is 40.1 Å². The molecule has 1 aromatic carbocycles. The number of hydrogen-bond donors (Lipinski definition) is 2. The first kappa shape index (κ1) is 26.6. The molecular formula is C22H38N2O4S2Si. The van der Waals surface area contributed by atoms with Gasteiger partial charge in [-0.2, -0.15) is 0 Å². The van der Waals surface area contributed by atoms with Crippen LogP contribution in [0.4, 0.5) is 0 Å². The molecule has 9 heteroatoms. The maximum Gasteiger partial charge on any atom is 0.194 e. The highest BCUT2D eigenvalue weighted by Crippen LogP contribution is 2.52. The standard InChI is InChI=1S/C22H38N2O4S2Si/c1-8-27-19(28-17-18-13-10-9-11-14-18)21(5,25)22(15-12-16-29-22)30(23,26)24-31(6,7)20(2,3)4/h9-14,16,19,25H,8,15,17H2,1-7H3,(H2,23,24,26). The van der Waals surface area contributed by atoms with Crippen molar-refractivity contribution in [3.8, 4) is 0 Å². The second-order valence-corrected chi connectivity index (χ2v) is 18.3. The van der Waals surface area contributed by atoms with Gasteiger partial charge in [0.15, 0.2) is 18.6 Å². The van der Waals surface area contributed by atoms with Crippen LogP contribution in [0.1, 0.15) is 46.6 Å². The Hall–Kier alpha value is -0.683. The van der Waals surface area contributed by atoms with Crippen LogP contribution in [0.15, 0.2) is 45.8 Å². The number of aliphatic hydroxyl groups is 1. The molecule has 3 N–H and O–H groups in total. The van der Waals surface area contributed by atoms with E-state index in [0.29, 0.717) is 13.0 Å². The molecule has 6 nitrogen and oxygen atoms in total. The van der Waals surface area contributed by atoms with Gasteiger partial charge in [0, 0.05) is 6.61 Å². The van der Waals surface area contributed by atoms with Gasteiger partial charge in [-0.25, -0.2) is 9.35 Å². The first-order valence-electron chi connectivity index (χ1n) is 10.6. The summed E-state index contributed by atoms with van der Waals surface area (Å²) >= 11 is 1.27. The Bertz CT molecular complexity index is 881. The Morgan fingerprint density at radius 2 is 1.87 bits per heavy atom. The topological polar surface area (TPSA) is 94.1 Å². The average molecular weight is 487 g/mol. The van der Waals surface area contributed by atoms with Crippen LogP contribution in [0.2, 0.25) is 18.1 Å². The van der Waals surface area contributed by atoms with Gasteiger partial charge in [0.25, 0.3) is 0 Å². The number of nitrogens with zero attached hydrogens (tertiary/aromatic N) is 1. The van der Waals surface area contributed by atoms with E-state index in [2.05, 4.69) is 33.9 Å². The number of nitrogens with two attached hydrogens (primary N) is 1. The van der Waals surface area contributed by atoms with Crippen molar-refractivity contribution in [2.45, 2.75) is 81.7 Å². The molecule has 0 spiro atoms. The summed E-state index contributed by atoms with van der Waals surface area (Å²) in [5.41, 5.74) is -0.711. The molecule has 0 fully saturated rings. The maximum atomic E-state index is 14.1. The van der Waals surface area contributed by atoms with Crippen LogP contribution in [0.25, 0.3) is 0 Å². The molecule has 0 amide bonds. The van der Waals surface area contributed by atoms with Crippen molar-refractivity contribution < 1.29 is 18.8 Å². The fraction of sp³-hybridized carbons (Fsp3) is 0.636. The molecule has 31 heavy (non-hydrogen) atoms. The summed E-state index contributed by atoms with van der Waals surface area (Å²) in [7, 11) is -5.71. The van der Waals surface area contributed by atoms with Gasteiger partial charge in [-0.3, -0.25) is 4.03 Å². The molecule has 1 aliphatic heterocycles. The third-order valence-corrected chi connectivity index (χ3v) is 16.6. The Morgan fingerprint density at radius 3 is 2.35 bits per heavy atom. The first-order chi connectivity index (χ1) is 14.2. The number of rotatable bonds is 9.